The van der Waals surface area contributed by atoms with Crippen molar-refractivity contribution in [3.8, 4) is 0 Å². The van der Waals surface area contributed by atoms with E-state index in [2.05, 4.69) is 4.98 Å². The van der Waals surface area contributed by atoms with Crippen LogP contribution in [0.3, 0.4) is 0 Å². The van der Waals surface area contributed by atoms with Crippen molar-refractivity contribution in [3.63, 3.8) is 0 Å². The highest BCUT2D eigenvalue weighted by atomic mass is 16.3. The van der Waals surface area contributed by atoms with Crippen LogP contribution < -0.4 is 4.90 Å². The van der Waals surface area contributed by atoms with Crippen molar-refractivity contribution >= 4 is 11.7 Å². The molecule has 1 heterocycles. The number of rotatable bonds is 4. The number of aliphatic hydroxyl groups excluding tert-OH is 1. The summed E-state index contributed by atoms with van der Waals surface area (Å²) in [6.45, 7) is 4.01. The van der Waals surface area contributed by atoms with E-state index < -0.39 is 0 Å². The number of amides is 1. The first-order chi connectivity index (χ1) is 7.20. The molecule has 0 spiro atoms. The Labute approximate surface area is 89.6 Å². The Morgan fingerprint density at radius 3 is 2.80 bits per heavy atom. The zero-order chi connectivity index (χ0) is 11.3. The minimum atomic E-state index is -0.382. The molecule has 0 radical (unpaired) electrons. The summed E-state index contributed by atoms with van der Waals surface area (Å²) in [5.74, 6) is 0.149. The van der Waals surface area contributed by atoms with E-state index >= 15 is 0 Å². The van der Waals surface area contributed by atoms with Gasteiger partial charge >= 0.3 is 0 Å². The molecule has 0 saturated carbocycles. The number of carbonyl (C=O) groups is 1. The fourth-order valence-corrected chi connectivity index (χ4v) is 1.29. The van der Waals surface area contributed by atoms with Gasteiger partial charge in [-0.25, -0.2) is 4.98 Å². The maximum atomic E-state index is 11.8. The van der Waals surface area contributed by atoms with Crippen LogP contribution in [0.5, 0.6) is 0 Å². The Morgan fingerprint density at radius 2 is 2.33 bits per heavy atom. The Hall–Kier alpha value is -1.42. The van der Waals surface area contributed by atoms with E-state index in [0.717, 1.165) is 0 Å². The minimum absolute atomic E-state index is 0.0984. The highest BCUT2D eigenvalue weighted by Crippen LogP contribution is 2.12. The highest BCUT2D eigenvalue weighted by molar-refractivity contribution is 5.93. The third-order valence-corrected chi connectivity index (χ3v) is 2.20. The summed E-state index contributed by atoms with van der Waals surface area (Å²) in [4.78, 5) is 17.5. The molecule has 0 bridgehead atoms. The van der Waals surface area contributed by atoms with Crippen molar-refractivity contribution in [3.05, 3.63) is 24.4 Å². The van der Waals surface area contributed by atoms with Gasteiger partial charge in [0.1, 0.15) is 5.82 Å². The molecule has 1 aromatic rings. The van der Waals surface area contributed by atoms with Gasteiger partial charge in [0.25, 0.3) is 0 Å². The molecule has 1 unspecified atom stereocenters. The van der Waals surface area contributed by atoms with Crippen molar-refractivity contribution in [2.75, 3.05) is 18.1 Å². The van der Waals surface area contributed by atoms with Crippen molar-refractivity contribution < 1.29 is 9.90 Å². The van der Waals surface area contributed by atoms with Crippen LogP contribution >= 0.6 is 0 Å². The largest absolute Gasteiger partial charge is 0.396 e. The lowest BCUT2D eigenvalue weighted by Gasteiger charge is -2.22. The minimum Gasteiger partial charge on any atom is -0.396 e. The summed E-state index contributed by atoms with van der Waals surface area (Å²) < 4.78 is 0. The van der Waals surface area contributed by atoms with Gasteiger partial charge in [0, 0.05) is 12.7 Å². The topological polar surface area (TPSA) is 53.4 Å². The summed E-state index contributed by atoms with van der Waals surface area (Å²) in [6, 6.07) is 5.42. The molecule has 1 amide bonds. The third-order valence-electron chi connectivity index (χ3n) is 2.20. The molecular formula is C11H16N2O2. The number of aromatic nitrogens is 1. The number of aliphatic hydroxyl groups is 1. The molecule has 0 fully saturated rings. The first-order valence-corrected chi connectivity index (χ1v) is 5.04. The van der Waals surface area contributed by atoms with Crippen LogP contribution in [0.25, 0.3) is 0 Å². The molecule has 1 rings (SSSR count). The van der Waals surface area contributed by atoms with E-state index in [-0.39, 0.29) is 18.4 Å². The molecule has 0 aliphatic heterocycles. The molecule has 1 N–H and O–H groups in total. The summed E-state index contributed by atoms with van der Waals surface area (Å²) in [6.07, 6.45) is 1.65. The predicted octanol–water partition coefficient (Wildman–Crippen LogP) is 1.06. The quantitative estimate of drug-likeness (QED) is 0.805. The Bertz CT molecular complexity index is 314. The molecule has 15 heavy (non-hydrogen) atoms. The van der Waals surface area contributed by atoms with Crippen molar-refractivity contribution in [2.45, 2.75) is 13.8 Å². The van der Waals surface area contributed by atoms with Gasteiger partial charge in [-0.05, 0) is 19.1 Å². The summed E-state index contributed by atoms with van der Waals surface area (Å²) in [5.41, 5.74) is 0. The van der Waals surface area contributed by atoms with Crippen LogP contribution in [-0.4, -0.2) is 29.1 Å². The van der Waals surface area contributed by atoms with Gasteiger partial charge < -0.3 is 5.11 Å². The first-order valence-electron chi connectivity index (χ1n) is 5.04. The van der Waals surface area contributed by atoms with Crippen molar-refractivity contribution in [1.82, 2.24) is 4.98 Å². The molecule has 1 atom stereocenters. The average Bonchev–Trinajstić information content (AvgIpc) is 2.30. The Balaban J connectivity index is 2.85. The van der Waals surface area contributed by atoms with Gasteiger partial charge in [-0.15, -0.1) is 0 Å². The molecule has 0 aromatic carbocycles. The zero-order valence-corrected chi connectivity index (χ0v) is 9.05. The fourth-order valence-electron chi connectivity index (χ4n) is 1.29. The van der Waals surface area contributed by atoms with E-state index in [0.29, 0.717) is 12.4 Å². The number of carbonyl (C=O) groups excluding carboxylic acids is 1. The highest BCUT2D eigenvalue weighted by Gasteiger charge is 2.20. The lowest BCUT2D eigenvalue weighted by atomic mass is 10.1. The van der Waals surface area contributed by atoms with Crippen LogP contribution in [0.1, 0.15) is 13.8 Å². The SMILES string of the molecule is CCN(C(=O)C(C)CO)c1ccccn1. The molecule has 1 aromatic heterocycles. The van der Waals surface area contributed by atoms with Crippen molar-refractivity contribution in [2.24, 2.45) is 5.92 Å². The van der Waals surface area contributed by atoms with Crippen molar-refractivity contribution in [1.29, 1.82) is 0 Å². The van der Waals surface area contributed by atoms with Crippen LogP contribution in [0.4, 0.5) is 5.82 Å². The van der Waals surface area contributed by atoms with Gasteiger partial charge in [-0.2, -0.15) is 0 Å². The molecule has 0 aliphatic carbocycles. The molecule has 0 saturated heterocycles. The van der Waals surface area contributed by atoms with Gasteiger partial charge in [0.2, 0.25) is 5.91 Å². The number of pyridine rings is 1. The maximum Gasteiger partial charge on any atom is 0.233 e. The van der Waals surface area contributed by atoms with E-state index in [1.54, 1.807) is 30.2 Å². The summed E-state index contributed by atoms with van der Waals surface area (Å²) in [7, 11) is 0. The Morgan fingerprint density at radius 1 is 1.60 bits per heavy atom. The number of hydrogen-bond acceptors (Lipinski definition) is 3. The van der Waals surface area contributed by atoms with Gasteiger partial charge in [0.05, 0.1) is 12.5 Å². The lowest BCUT2D eigenvalue weighted by Crippen LogP contribution is -2.36. The normalized spacial score (nSPS) is 12.2. The van der Waals surface area contributed by atoms with Crippen LogP contribution in [0.2, 0.25) is 0 Å². The van der Waals surface area contributed by atoms with Crippen LogP contribution in [0, 0.1) is 5.92 Å². The van der Waals surface area contributed by atoms with E-state index in [9.17, 15) is 4.79 Å². The lowest BCUT2D eigenvalue weighted by molar-refractivity contribution is -0.122. The molecule has 4 nitrogen and oxygen atoms in total. The average molecular weight is 208 g/mol. The standard InChI is InChI=1S/C11H16N2O2/c1-3-13(11(15)9(2)8-14)10-6-4-5-7-12-10/h4-7,9,14H,3,8H2,1-2H3. The summed E-state index contributed by atoms with van der Waals surface area (Å²) in [5, 5.41) is 8.93. The molecule has 82 valence electrons. The van der Waals surface area contributed by atoms with Gasteiger partial charge in [-0.3, -0.25) is 9.69 Å². The third kappa shape index (κ3) is 2.76. The smallest absolute Gasteiger partial charge is 0.233 e. The predicted molar refractivity (Wildman–Crippen MR) is 58.5 cm³/mol. The second kappa shape index (κ2) is 5.46. The van der Waals surface area contributed by atoms with Crippen LogP contribution in [-0.2, 0) is 4.79 Å². The Kier molecular flexibility index (Phi) is 4.24. The van der Waals surface area contributed by atoms with E-state index in [4.69, 9.17) is 5.11 Å². The molecule has 4 heteroatoms. The monoisotopic (exact) mass is 208 g/mol. The zero-order valence-electron chi connectivity index (χ0n) is 9.05. The molecule has 0 aliphatic rings. The number of anilines is 1. The summed E-state index contributed by atoms with van der Waals surface area (Å²) >= 11 is 0. The maximum absolute atomic E-state index is 11.8. The fraction of sp³-hybridized carbons (Fsp3) is 0.455. The van der Waals surface area contributed by atoms with E-state index in [1.807, 2.05) is 13.0 Å². The second-order valence-electron chi connectivity index (χ2n) is 3.35. The second-order valence-corrected chi connectivity index (χ2v) is 3.35. The first kappa shape index (κ1) is 11.7. The van der Waals surface area contributed by atoms with Gasteiger partial charge in [0.15, 0.2) is 0 Å². The number of nitrogens with zero attached hydrogens (tertiary/aromatic N) is 2. The van der Waals surface area contributed by atoms with E-state index in [1.165, 1.54) is 0 Å². The molecular weight excluding hydrogens is 192 g/mol. The van der Waals surface area contributed by atoms with Gasteiger partial charge in [-0.1, -0.05) is 13.0 Å². The number of hydrogen-bond donors (Lipinski definition) is 1. The van der Waals surface area contributed by atoms with Crippen LogP contribution in [0.15, 0.2) is 24.4 Å².